The number of carbonyl (C=O) groups is 1. The van der Waals surface area contributed by atoms with Crippen LogP contribution in [0, 0.1) is 5.92 Å². The summed E-state index contributed by atoms with van der Waals surface area (Å²) in [5.41, 5.74) is 0. The maximum atomic E-state index is 10.8. The zero-order chi connectivity index (χ0) is 8.15. The molecule has 0 rings (SSSR count). The maximum absolute atomic E-state index is 10.8. The predicted molar refractivity (Wildman–Crippen MR) is 43.1 cm³/mol. The van der Waals surface area contributed by atoms with E-state index in [1.54, 1.807) is 6.92 Å². The van der Waals surface area contributed by atoms with Gasteiger partial charge in [0.15, 0.2) is 5.05 Å². The molecule has 0 aliphatic carbocycles. The number of rotatable bonds is 3. The van der Waals surface area contributed by atoms with Gasteiger partial charge in [-0.1, -0.05) is 0 Å². The molecule has 1 atom stereocenters. The third kappa shape index (κ3) is 2.77. The molecular formula is C6H11NO2S. The molecule has 0 heterocycles. The van der Waals surface area contributed by atoms with E-state index in [0.717, 1.165) is 0 Å². The van der Waals surface area contributed by atoms with Gasteiger partial charge in [-0.15, -0.1) is 0 Å². The van der Waals surface area contributed by atoms with Crippen molar-refractivity contribution in [3.8, 4) is 0 Å². The van der Waals surface area contributed by atoms with Crippen LogP contribution in [0.4, 0.5) is 0 Å². The van der Waals surface area contributed by atoms with Crippen molar-refractivity contribution < 1.29 is 9.90 Å². The number of amides is 1. The minimum Gasteiger partial charge on any atom is -0.501 e. The average Bonchev–Trinajstić information content (AvgIpc) is 1.87. The molecule has 3 nitrogen and oxygen atoms in total. The van der Waals surface area contributed by atoms with E-state index in [-0.39, 0.29) is 11.0 Å². The number of thiocarbonyl (C=S) groups is 1. The maximum Gasteiger partial charge on any atom is 0.231 e. The topological polar surface area (TPSA) is 49.3 Å². The van der Waals surface area contributed by atoms with Crippen LogP contribution in [0.5, 0.6) is 0 Å². The Kier molecular flexibility index (Phi) is 3.95. The van der Waals surface area contributed by atoms with Crippen LogP contribution in [0.3, 0.4) is 0 Å². The lowest BCUT2D eigenvalue weighted by molar-refractivity contribution is -0.122. The highest BCUT2D eigenvalue weighted by molar-refractivity contribution is 7.80. The summed E-state index contributed by atoms with van der Waals surface area (Å²) in [4.78, 5) is 10.8. The summed E-state index contributed by atoms with van der Waals surface area (Å²) in [7, 11) is 0. The lowest BCUT2D eigenvalue weighted by atomic mass is 10.2. The highest BCUT2D eigenvalue weighted by Gasteiger charge is 2.15. The van der Waals surface area contributed by atoms with Gasteiger partial charge in [0.2, 0.25) is 5.91 Å². The summed E-state index contributed by atoms with van der Waals surface area (Å²) in [5, 5.41) is 11.0. The second kappa shape index (κ2) is 4.22. The Bertz CT molecular complexity index is 147. The Morgan fingerprint density at radius 1 is 1.80 bits per heavy atom. The monoisotopic (exact) mass is 161 g/mol. The third-order valence-electron chi connectivity index (χ3n) is 1.11. The van der Waals surface area contributed by atoms with Crippen LogP contribution in [0.15, 0.2) is 0 Å². The number of hydrogen-bond acceptors (Lipinski definition) is 2. The van der Waals surface area contributed by atoms with E-state index in [0.29, 0.717) is 6.54 Å². The van der Waals surface area contributed by atoms with Gasteiger partial charge in [0, 0.05) is 6.54 Å². The van der Waals surface area contributed by atoms with Crippen LogP contribution < -0.4 is 5.32 Å². The van der Waals surface area contributed by atoms with Gasteiger partial charge in [-0.3, -0.25) is 4.79 Å². The van der Waals surface area contributed by atoms with Crippen LogP contribution in [-0.4, -0.2) is 22.6 Å². The molecule has 0 saturated heterocycles. The predicted octanol–water partition coefficient (Wildman–Crippen LogP) is 0.644. The fourth-order valence-electron chi connectivity index (χ4n) is 0.439. The van der Waals surface area contributed by atoms with Crippen molar-refractivity contribution >= 4 is 23.2 Å². The van der Waals surface area contributed by atoms with E-state index in [2.05, 4.69) is 17.5 Å². The summed E-state index contributed by atoms with van der Waals surface area (Å²) in [6.07, 6.45) is 0. The van der Waals surface area contributed by atoms with Crippen LogP contribution in [0.2, 0.25) is 0 Å². The van der Waals surface area contributed by atoms with Gasteiger partial charge in [-0.2, -0.15) is 0 Å². The second-order valence-electron chi connectivity index (χ2n) is 1.95. The minimum atomic E-state index is -0.574. The van der Waals surface area contributed by atoms with Crippen molar-refractivity contribution in [1.82, 2.24) is 5.32 Å². The summed E-state index contributed by atoms with van der Waals surface area (Å²) < 4.78 is 0. The molecule has 0 radical (unpaired) electrons. The molecule has 0 fully saturated rings. The Labute approximate surface area is 65.4 Å². The molecule has 1 amide bonds. The minimum absolute atomic E-state index is 0.227. The molecule has 0 aromatic heterocycles. The van der Waals surface area contributed by atoms with Gasteiger partial charge >= 0.3 is 0 Å². The first kappa shape index (κ1) is 9.36. The fraction of sp³-hybridized carbons (Fsp3) is 0.667. The van der Waals surface area contributed by atoms with E-state index in [9.17, 15) is 4.79 Å². The molecule has 0 aromatic carbocycles. The van der Waals surface area contributed by atoms with Crippen LogP contribution in [0.25, 0.3) is 0 Å². The number of carbonyl (C=O) groups excluding carboxylic acids is 1. The van der Waals surface area contributed by atoms with Crippen molar-refractivity contribution in [1.29, 1.82) is 0 Å². The zero-order valence-electron chi connectivity index (χ0n) is 6.05. The van der Waals surface area contributed by atoms with E-state index >= 15 is 0 Å². The largest absolute Gasteiger partial charge is 0.501 e. The van der Waals surface area contributed by atoms with Crippen molar-refractivity contribution in [3.63, 3.8) is 0 Å². The third-order valence-corrected chi connectivity index (χ3v) is 1.47. The molecular weight excluding hydrogens is 150 g/mol. The second-order valence-corrected chi connectivity index (χ2v) is 2.37. The molecule has 10 heavy (non-hydrogen) atoms. The molecule has 0 spiro atoms. The fourth-order valence-corrected chi connectivity index (χ4v) is 0.547. The molecule has 4 heteroatoms. The summed E-state index contributed by atoms with van der Waals surface area (Å²) in [5.74, 6) is -0.801. The molecule has 2 N–H and O–H groups in total. The Morgan fingerprint density at radius 3 is 2.60 bits per heavy atom. The molecule has 0 saturated carbocycles. The zero-order valence-corrected chi connectivity index (χ0v) is 6.86. The first-order chi connectivity index (χ1) is 4.59. The quantitative estimate of drug-likeness (QED) is 0.597. The smallest absolute Gasteiger partial charge is 0.231 e. The highest BCUT2D eigenvalue weighted by atomic mass is 32.1. The standard InChI is InChI=1S/C6H11NO2S/c1-3-7-5(8)4(2)6(9)10/h4H,3H2,1-2H3,(H,7,8)(H,9,10). The first-order valence-corrected chi connectivity index (χ1v) is 3.51. The normalized spacial score (nSPS) is 12.2. The molecule has 0 bridgehead atoms. The first-order valence-electron chi connectivity index (χ1n) is 3.10. The lowest BCUT2D eigenvalue weighted by Gasteiger charge is -2.06. The summed E-state index contributed by atoms with van der Waals surface area (Å²) in [6, 6.07) is 0. The Balaban J connectivity index is 3.82. The highest BCUT2D eigenvalue weighted by Crippen LogP contribution is 1.95. The van der Waals surface area contributed by atoms with Gasteiger partial charge in [0.1, 0.15) is 5.92 Å². The van der Waals surface area contributed by atoms with Crippen molar-refractivity contribution in [2.45, 2.75) is 13.8 Å². The van der Waals surface area contributed by atoms with Gasteiger partial charge < -0.3 is 10.4 Å². The summed E-state index contributed by atoms with van der Waals surface area (Å²) in [6.45, 7) is 3.93. The van der Waals surface area contributed by atoms with Crippen molar-refractivity contribution in [2.75, 3.05) is 6.54 Å². The van der Waals surface area contributed by atoms with Gasteiger partial charge in [0.05, 0.1) is 0 Å². The van der Waals surface area contributed by atoms with E-state index < -0.39 is 5.92 Å². The van der Waals surface area contributed by atoms with E-state index in [4.69, 9.17) is 5.11 Å². The number of nitrogens with one attached hydrogen (secondary N) is 1. The number of aliphatic hydroxyl groups excluding tert-OH is 1. The number of aliphatic hydroxyl groups is 1. The van der Waals surface area contributed by atoms with E-state index in [1.165, 1.54) is 0 Å². The number of hydrogen-bond donors (Lipinski definition) is 2. The van der Waals surface area contributed by atoms with Crippen molar-refractivity contribution in [3.05, 3.63) is 0 Å². The summed E-state index contributed by atoms with van der Waals surface area (Å²) >= 11 is 4.40. The lowest BCUT2D eigenvalue weighted by Crippen LogP contribution is -2.32. The molecule has 58 valence electrons. The molecule has 0 aromatic rings. The Hall–Kier alpha value is -0.640. The molecule has 0 aliphatic rings. The van der Waals surface area contributed by atoms with Gasteiger partial charge in [-0.05, 0) is 26.1 Å². The molecule has 0 aliphatic heterocycles. The molecule has 1 unspecified atom stereocenters. The van der Waals surface area contributed by atoms with Crippen LogP contribution in [-0.2, 0) is 4.79 Å². The van der Waals surface area contributed by atoms with E-state index in [1.807, 2.05) is 6.92 Å². The van der Waals surface area contributed by atoms with Crippen LogP contribution >= 0.6 is 12.2 Å². The van der Waals surface area contributed by atoms with Gasteiger partial charge in [-0.25, -0.2) is 0 Å². The Morgan fingerprint density at radius 2 is 2.30 bits per heavy atom. The SMILES string of the molecule is CCNC(=O)C(C)C(O)=S. The van der Waals surface area contributed by atoms with Crippen molar-refractivity contribution in [2.24, 2.45) is 5.92 Å². The van der Waals surface area contributed by atoms with Gasteiger partial charge in [0.25, 0.3) is 0 Å². The average molecular weight is 161 g/mol. The van der Waals surface area contributed by atoms with Crippen LogP contribution in [0.1, 0.15) is 13.8 Å².